The fraction of sp³-hybridized carbons (Fsp3) is 0.677. The minimum absolute atomic E-state index is 0.849. The average Bonchev–Trinajstić information content (AvgIpc) is 2.83. The summed E-state index contributed by atoms with van der Waals surface area (Å²) in [4.78, 5) is 9.27. The van der Waals surface area contributed by atoms with Gasteiger partial charge in [0.2, 0.25) is 0 Å². The molecule has 33 heavy (non-hydrogen) atoms. The summed E-state index contributed by atoms with van der Waals surface area (Å²) in [7, 11) is 0. The van der Waals surface area contributed by atoms with Crippen LogP contribution in [0.5, 0.6) is 0 Å². The number of hydrogen-bond acceptors (Lipinski definition) is 2. The predicted octanol–water partition coefficient (Wildman–Crippen LogP) is 9.76. The predicted molar refractivity (Wildman–Crippen MR) is 145 cm³/mol. The lowest BCUT2D eigenvalue weighted by Gasteiger charge is -2.06. The molecule has 0 bridgehead atoms. The topological polar surface area (TPSA) is 25.8 Å². The highest BCUT2D eigenvalue weighted by Gasteiger charge is 2.03. The Balaban J connectivity index is 1.59. The Kier molecular flexibility index (Phi) is 14.8. The number of hydrogen-bond donors (Lipinski definition) is 0. The van der Waals surface area contributed by atoms with Crippen molar-refractivity contribution in [3.05, 3.63) is 47.8 Å². The van der Waals surface area contributed by atoms with E-state index in [1.165, 1.54) is 114 Å². The zero-order chi connectivity index (χ0) is 23.6. The van der Waals surface area contributed by atoms with Crippen LogP contribution in [-0.4, -0.2) is 9.97 Å². The van der Waals surface area contributed by atoms with E-state index < -0.39 is 0 Å². The molecule has 0 aliphatic carbocycles. The number of nitrogens with zero attached hydrogens (tertiary/aromatic N) is 2. The van der Waals surface area contributed by atoms with Gasteiger partial charge in [-0.3, -0.25) is 0 Å². The van der Waals surface area contributed by atoms with E-state index in [4.69, 9.17) is 0 Å². The highest BCUT2D eigenvalue weighted by Crippen LogP contribution is 2.18. The molecule has 2 rings (SSSR count). The van der Waals surface area contributed by atoms with Crippen molar-refractivity contribution in [2.24, 2.45) is 5.92 Å². The lowest BCUT2D eigenvalue weighted by Crippen LogP contribution is -1.94. The molecule has 0 saturated carbocycles. The molecule has 1 heterocycles. The maximum Gasteiger partial charge on any atom is 0.159 e. The van der Waals surface area contributed by atoms with Gasteiger partial charge in [0.25, 0.3) is 0 Å². The van der Waals surface area contributed by atoms with E-state index in [0.717, 1.165) is 23.7 Å². The molecule has 0 aliphatic rings. The third-order valence-corrected chi connectivity index (χ3v) is 6.73. The van der Waals surface area contributed by atoms with Crippen molar-refractivity contribution in [1.29, 1.82) is 0 Å². The molecule has 0 atom stereocenters. The van der Waals surface area contributed by atoms with Crippen LogP contribution in [0, 0.1) is 5.92 Å². The van der Waals surface area contributed by atoms with Crippen LogP contribution >= 0.6 is 0 Å². The first-order chi connectivity index (χ1) is 16.2. The third kappa shape index (κ3) is 12.9. The molecule has 1 aromatic carbocycles. The van der Waals surface area contributed by atoms with Gasteiger partial charge in [-0.05, 0) is 42.7 Å². The molecule has 0 saturated heterocycles. The van der Waals surface area contributed by atoms with E-state index in [9.17, 15) is 0 Å². The van der Waals surface area contributed by atoms with Crippen LogP contribution in [0.4, 0.5) is 0 Å². The minimum atomic E-state index is 0.849. The number of aromatic nitrogens is 2. The summed E-state index contributed by atoms with van der Waals surface area (Å²) in [5.41, 5.74) is 3.83. The van der Waals surface area contributed by atoms with Gasteiger partial charge in [0.05, 0.1) is 0 Å². The van der Waals surface area contributed by atoms with Gasteiger partial charge in [-0.25, -0.2) is 9.97 Å². The molecule has 2 aromatic rings. The molecule has 0 spiro atoms. The average molecular weight is 451 g/mol. The van der Waals surface area contributed by atoms with Gasteiger partial charge in [-0.2, -0.15) is 0 Å². The second-order valence-corrected chi connectivity index (χ2v) is 10.4. The van der Waals surface area contributed by atoms with Crippen LogP contribution < -0.4 is 0 Å². The largest absolute Gasteiger partial charge is 0.236 e. The maximum atomic E-state index is 4.63. The molecule has 0 aliphatic heterocycles. The first-order valence-corrected chi connectivity index (χ1v) is 14.1. The first-order valence-electron chi connectivity index (χ1n) is 14.1. The van der Waals surface area contributed by atoms with Crippen LogP contribution in [0.1, 0.15) is 128 Å². The van der Waals surface area contributed by atoms with Crippen LogP contribution in [0.2, 0.25) is 0 Å². The SMILES string of the molecule is CCCCCCCCCc1cnc(-c2ccc(CCCCCCCCCC(C)C)cc2)nc1. The van der Waals surface area contributed by atoms with E-state index in [1.807, 2.05) is 12.4 Å². The highest BCUT2D eigenvalue weighted by atomic mass is 14.9. The molecular formula is C31H50N2. The summed E-state index contributed by atoms with van der Waals surface area (Å²) in [5.74, 6) is 1.71. The Hall–Kier alpha value is -1.70. The van der Waals surface area contributed by atoms with Crippen LogP contribution in [-0.2, 0) is 12.8 Å². The quantitative estimate of drug-likeness (QED) is 0.199. The lowest BCUT2D eigenvalue weighted by molar-refractivity contribution is 0.509. The van der Waals surface area contributed by atoms with E-state index in [-0.39, 0.29) is 0 Å². The third-order valence-electron chi connectivity index (χ3n) is 6.73. The summed E-state index contributed by atoms with van der Waals surface area (Å²) >= 11 is 0. The first kappa shape index (κ1) is 27.5. The molecule has 0 N–H and O–H groups in total. The summed E-state index contributed by atoms with van der Waals surface area (Å²) in [6, 6.07) is 8.90. The Bertz CT molecular complexity index is 703. The molecule has 2 nitrogen and oxygen atoms in total. The number of unbranched alkanes of at least 4 members (excludes halogenated alkanes) is 12. The van der Waals surface area contributed by atoms with Crippen LogP contribution in [0.3, 0.4) is 0 Å². The van der Waals surface area contributed by atoms with Gasteiger partial charge in [0.1, 0.15) is 0 Å². The van der Waals surface area contributed by atoms with Crippen LogP contribution in [0.15, 0.2) is 36.7 Å². The fourth-order valence-corrected chi connectivity index (χ4v) is 4.51. The van der Waals surface area contributed by atoms with Crippen molar-refractivity contribution in [3.63, 3.8) is 0 Å². The zero-order valence-corrected chi connectivity index (χ0v) is 22.0. The molecule has 2 heteroatoms. The Morgan fingerprint density at radius 3 is 1.61 bits per heavy atom. The van der Waals surface area contributed by atoms with Crippen molar-refractivity contribution in [3.8, 4) is 11.4 Å². The lowest BCUT2D eigenvalue weighted by atomic mass is 10.0. The molecular weight excluding hydrogens is 400 g/mol. The van der Waals surface area contributed by atoms with E-state index >= 15 is 0 Å². The van der Waals surface area contributed by atoms with E-state index in [2.05, 4.69) is 55.0 Å². The Labute approximate surface area is 205 Å². The molecule has 0 fully saturated rings. The van der Waals surface area contributed by atoms with Gasteiger partial charge < -0.3 is 0 Å². The van der Waals surface area contributed by atoms with Crippen molar-refractivity contribution >= 4 is 0 Å². The highest BCUT2D eigenvalue weighted by molar-refractivity contribution is 5.55. The number of aryl methyl sites for hydroxylation is 2. The van der Waals surface area contributed by atoms with Gasteiger partial charge in [-0.15, -0.1) is 0 Å². The van der Waals surface area contributed by atoms with Crippen molar-refractivity contribution < 1.29 is 0 Å². The standard InChI is InChI=1S/C31H50N2/c1-4-5-6-7-9-14-17-20-29-25-32-31(33-26-29)30-23-21-28(22-24-30)19-16-13-11-8-10-12-15-18-27(2)3/h21-27H,4-20H2,1-3H3. The summed E-state index contributed by atoms with van der Waals surface area (Å²) in [6.07, 6.45) is 26.9. The fourth-order valence-electron chi connectivity index (χ4n) is 4.51. The smallest absolute Gasteiger partial charge is 0.159 e. The van der Waals surface area contributed by atoms with Gasteiger partial charge in [-0.1, -0.05) is 129 Å². The monoisotopic (exact) mass is 450 g/mol. The Morgan fingerprint density at radius 2 is 1.06 bits per heavy atom. The zero-order valence-electron chi connectivity index (χ0n) is 22.0. The van der Waals surface area contributed by atoms with Gasteiger partial charge in [0, 0.05) is 18.0 Å². The van der Waals surface area contributed by atoms with Crippen LogP contribution in [0.25, 0.3) is 11.4 Å². The van der Waals surface area contributed by atoms with Crippen molar-refractivity contribution in [2.75, 3.05) is 0 Å². The second-order valence-electron chi connectivity index (χ2n) is 10.4. The molecule has 184 valence electrons. The summed E-state index contributed by atoms with van der Waals surface area (Å²) in [6.45, 7) is 6.93. The van der Waals surface area contributed by atoms with Gasteiger partial charge >= 0.3 is 0 Å². The number of benzene rings is 1. The minimum Gasteiger partial charge on any atom is -0.236 e. The van der Waals surface area contributed by atoms with E-state index in [0.29, 0.717) is 0 Å². The van der Waals surface area contributed by atoms with Crippen molar-refractivity contribution in [1.82, 2.24) is 9.97 Å². The van der Waals surface area contributed by atoms with E-state index in [1.54, 1.807) is 0 Å². The Morgan fingerprint density at radius 1 is 0.576 bits per heavy atom. The summed E-state index contributed by atoms with van der Waals surface area (Å²) < 4.78 is 0. The molecule has 1 aromatic heterocycles. The van der Waals surface area contributed by atoms with Crippen molar-refractivity contribution in [2.45, 2.75) is 130 Å². The normalized spacial score (nSPS) is 11.4. The summed E-state index contributed by atoms with van der Waals surface area (Å²) in [5, 5.41) is 0. The molecule has 0 radical (unpaired) electrons. The maximum absolute atomic E-state index is 4.63. The number of rotatable bonds is 19. The molecule has 0 amide bonds. The second kappa shape index (κ2) is 17.7. The molecule has 0 unspecified atom stereocenters. The van der Waals surface area contributed by atoms with Gasteiger partial charge in [0.15, 0.2) is 5.82 Å².